The summed E-state index contributed by atoms with van der Waals surface area (Å²) in [6.07, 6.45) is 0. The van der Waals surface area contributed by atoms with Gasteiger partial charge in [-0.25, -0.2) is 0 Å². The molecular weight excluding hydrogens is 339 g/mol. The van der Waals surface area contributed by atoms with Gasteiger partial charge in [0.1, 0.15) is 0 Å². The molecule has 0 spiro atoms. The van der Waals surface area contributed by atoms with Crippen LogP contribution in [0.15, 0.2) is 47.5 Å². The SMILES string of the molecule is CCn1c(=NC(=O)c2cc(Cl)cc(Cl)c2)sc2ccccc21. The van der Waals surface area contributed by atoms with E-state index in [0.717, 1.165) is 16.8 Å². The predicted octanol–water partition coefficient (Wildman–Crippen LogP) is 4.77. The Hall–Kier alpha value is -1.62. The van der Waals surface area contributed by atoms with Crippen molar-refractivity contribution in [2.24, 2.45) is 4.99 Å². The van der Waals surface area contributed by atoms with Crippen LogP contribution in [0, 0.1) is 0 Å². The number of para-hydroxylation sites is 1. The zero-order valence-electron chi connectivity index (χ0n) is 11.7. The minimum atomic E-state index is -0.349. The molecule has 0 saturated carbocycles. The third-order valence-corrected chi connectivity index (χ3v) is 4.71. The first kappa shape index (κ1) is 15.3. The first-order chi connectivity index (χ1) is 10.6. The van der Waals surface area contributed by atoms with Crippen molar-refractivity contribution in [1.29, 1.82) is 0 Å². The second-order valence-corrected chi connectivity index (χ2v) is 6.55. The van der Waals surface area contributed by atoms with Crippen molar-refractivity contribution < 1.29 is 4.79 Å². The molecule has 0 aliphatic rings. The fraction of sp³-hybridized carbons (Fsp3) is 0.125. The first-order valence-corrected chi connectivity index (χ1v) is 8.29. The molecule has 0 fully saturated rings. The molecule has 1 heterocycles. The second kappa shape index (κ2) is 6.24. The number of benzene rings is 2. The van der Waals surface area contributed by atoms with Gasteiger partial charge in [-0.3, -0.25) is 4.79 Å². The average Bonchev–Trinajstić information content (AvgIpc) is 2.83. The van der Waals surface area contributed by atoms with E-state index in [4.69, 9.17) is 23.2 Å². The summed E-state index contributed by atoms with van der Waals surface area (Å²) in [6.45, 7) is 2.77. The highest BCUT2D eigenvalue weighted by molar-refractivity contribution is 7.16. The Labute approximate surface area is 141 Å². The lowest BCUT2D eigenvalue weighted by atomic mass is 10.2. The number of thiazole rings is 1. The Balaban J connectivity index is 2.13. The molecule has 0 atom stereocenters. The number of fused-ring (bicyclic) bond motifs is 1. The Morgan fingerprint density at radius 3 is 2.55 bits per heavy atom. The average molecular weight is 351 g/mol. The summed E-state index contributed by atoms with van der Waals surface area (Å²) in [5.41, 5.74) is 1.46. The van der Waals surface area contributed by atoms with Crippen molar-refractivity contribution in [3.63, 3.8) is 0 Å². The van der Waals surface area contributed by atoms with E-state index in [-0.39, 0.29) is 5.91 Å². The van der Waals surface area contributed by atoms with Gasteiger partial charge in [-0.15, -0.1) is 0 Å². The van der Waals surface area contributed by atoms with E-state index in [1.807, 2.05) is 35.8 Å². The smallest absolute Gasteiger partial charge is 0.279 e. The lowest BCUT2D eigenvalue weighted by Crippen LogP contribution is -2.15. The van der Waals surface area contributed by atoms with Gasteiger partial charge in [0.05, 0.1) is 10.2 Å². The summed E-state index contributed by atoms with van der Waals surface area (Å²) in [4.78, 5) is 17.3. The third-order valence-electron chi connectivity index (χ3n) is 3.21. The van der Waals surface area contributed by atoms with Gasteiger partial charge in [0.25, 0.3) is 5.91 Å². The summed E-state index contributed by atoms with van der Waals surface area (Å²) in [6, 6.07) is 12.7. The third kappa shape index (κ3) is 2.95. The number of nitrogens with zero attached hydrogens (tertiary/aromatic N) is 2. The van der Waals surface area contributed by atoms with Gasteiger partial charge in [0, 0.05) is 22.2 Å². The summed E-state index contributed by atoms with van der Waals surface area (Å²) in [5, 5.41) is 0.844. The minimum absolute atomic E-state index is 0.349. The molecule has 0 bridgehead atoms. The van der Waals surface area contributed by atoms with Crippen LogP contribution in [-0.4, -0.2) is 10.5 Å². The van der Waals surface area contributed by atoms with Crippen LogP contribution in [0.3, 0.4) is 0 Å². The van der Waals surface area contributed by atoms with Crippen LogP contribution in [0.5, 0.6) is 0 Å². The number of carbonyl (C=O) groups excluding carboxylic acids is 1. The highest BCUT2D eigenvalue weighted by Gasteiger charge is 2.09. The molecule has 3 aromatic rings. The van der Waals surface area contributed by atoms with Crippen molar-refractivity contribution in [3.05, 3.63) is 62.9 Å². The molecule has 6 heteroatoms. The maximum atomic E-state index is 12.4. The Morgan fingerprint density at radius 2 is 1.86 bits per heavy atom. The van der Waals surface area contributed by atoms with Gasteiger partial charge in [-0.2, -0.15) is 4.99 Å². The maximum absolute atomic E-state index is 12.4. The van der Waals surface area contributed by atoms with E-state index in [2.05, 4.69) is 4.99 Å². The summed E-state index contributed by atoms with van der Waals surface area (Å²) < 4.78 is 3.12. The molecule has 0 aliphatic heterocycles. The van der Waals surface area contributed by atoms with E-state index in [9.17, 15) is 4.79 Å². The molecule has 0 saturated heterocycles. The van der Waals surface area contributed by atoms with Crippen LogP contribution in [0.2, 0.25) is 10.0 Å². The number of halogens is 2. The molecule has 3 nitrogen and oxygen atoms in total. The summed E-state index contributed by atoms with van der Waals surface area (Å²) in [5.74, 6) is -0.349. The van der Waals surface area contributed by atoms with Gasteiger partial charge in [0.15, 0.2) is 4.80 Å². The number of amides is 1. The van der Waals surface area contributed by atoms with E-state index in [1.165, 1.54) is 11.3 Å². The summed E-state index contributed by atoms with van der Waals surface area (Å²) >= 11 is 13.4. The number of rotatable bonds is 2. The van der Waals surface area contributed by atoms with Crippen LogP contribution in [0.4, 0.5) is 0 Å². The van der Waals surface area contributed by atoms with E-state index >= 15 is 0 Å². The fourth-order valence-electron chi connectivity index (χ4n) is 2.24. The van der Waals surface area contributed by atoms with E-state index in [1.54, 1.807) is 18.2 Å². The molecule has 0 unspecified atom stereocenters. The molecule has 1 aromatic heterocycles. The van der Waals surface area contributed by atoms with Crippen LogP contribution in [0.1, 0.15) is 17.3 Å². The molecule has 112 valence electrons. The Kier molecular flexibility index (Phi) is 4.34. The number of hydrogen-bond acceptors (Lipinski definition) is 2. The normalized spacial score (nSPS) is 12.0. The molecule has 3 rings (SSSR count). The number of carbonyl (C=O) groups is 1. The standard InChI is InChI=1S/C16H12Cl2N2OS/c1-2-20-13-5-3-4-6-14(13)22-16(20)19-15(21)10-7-11(17)9-12(18)8-10/h3-9H,2H2,1H3. The summed E-state index contributed by atoms with van der Waals surface area (Å²) in [7, 11) is 0. The van der Waals surface area contributed by atoms with Crippen LogP contribution in [0.25, 0.3) is 10.2 Å². The fourth-order valence-corrected chi connectivity index (χ4v) is 3.86. The number of hydrogen-bond donors (Lipinski definition) is 0. The maximum Gasteiger partial charge on any atom is 0.279 e. The van der Waals surface area contributed by atoms with Gasteiger partial charge in [-0.05, 0) is 37.3 Å². The van der Waals surface area contributed by atoms with Crippen LogP contribution >= 0.6 is 34.5 Å². The van der Waals surface area contributed by atoms with Crippen molar-refractivity contribution >= 4 is 50.7 Å². The van der Waals surface area contributed by atoms with E-state index in [0.29, 0.717) is 20.4 Å². The Morgan fingerprint density at radius 1 is 1.18 bits per heavy atom. The highest BCUT2D eigenvalue weighted by Crippen LogP contribution is 2.20. The molecule has 0 N–H and O–H groups in total. The highest BCUT2D eigenvalue weighted by atomic mass is 35.5. The van der Waals surface area contributed by atoms with Gasteiger partial charge in [0.2, 0.25) is 0 Å². The number of aryl methyl sites for hydroxylation is 1. The first-order valence-electron chi connectivity index (χ1n) is 6.72. The van der Waals surface area contributed by atoms with Crippen LogP contribution < -0.4 is 4.80 Å². The van der Waals surface area contributed by atoms with Gasteiger partial charge in [-0.1, -0.05) is 46.7 Å². The van der Waals surface area contributed by atoms with Crippen molar-refractivity contribution in [2.75, 3.05) is 0 Å². The minimum Gasteiger partial charge on any atom is -0.317 e. The molecule has 2 aromatic carbocycles. The molecule has 1 amide bonds. The Bertz CT molecular complexity index is 907. The molecule has 0 radical (unpaired) electrons. The molecular formula is C16H12Cl2N2OS. The van der Waals surface area contributed by atoms with E-state index < -0.39 is 0 Å². The monoisotopic (exact) mass is 350 g/mol. The van der Waals surface area contributed by atoms with Gasteiger partial charge < -0.3 is 4.57 Å². The predicted molar refractivity (Wildman–Crippen MR) is 91.8 cm³/mol. The molecule has 22 heavy (non-hydrogen) atoms. The van der Waals surface area contributed by atoms with Gasteiger partial charge >= 0.3 is 0 Å². The lowest BCUT2D eigenvalue weighted by molar-refractivity contribution is 0.0998. The van der Waals surface area contributed by atoms with Crippen molar-refractivity contribution in [1.82, 2.24) is 4.57 Å². The second-order valence-electron chi connectivity index (χ2n) is 4.67. The largest absolute Gasteiger partial charge is 0.317 e. The van der Waals surface area contributed by atoms with Crippen LogP contribution in [-0.2, 0) is 6.54 Å². The zero-order valence-corrected chi connectivity index (χ0v) is 14.0. The van der Waals surface area contributed by atoms with Crippen molar-refractivity contribution in [3.8, 4) is 0 Å². The molecule has 0 aliphatic carbocycles. The number of aromatic nitrogens is 1. The van der Waals surface area contributed by atoms with Crippen molar-refractivity contribution in [2.45, 2.75) is 13.5 Å². The lowest BCUT2D eigenvalue weighted by Gasteiger charge is -2.00. The quantitative estimate of drug-likeness (QED) is 0.655. The topological polar surface area (TPSA) is 34.4 Å². The zero-order chi connectivity index (χ0) is 15.7.